The second kappa shape index (κ2) is 7.22. The van der Waals surface area contributed by atoms with Crippen molar-refractivity contribution < 1.29 is 19.1 Å². The third kappa shape index (κ3) is 6.36. The second-order valence-corrected chi connectivity index (χ2v) is 11.1. The van der Waals surface area contributed by atoms with E-state index >= 15 is 0 Å². The lowest BCUT2D eigenvalue weighted by Gasteiger charge is -2.39. The lowest BCUT2D eigenvalue weighted by atomic mass is 10.1. The van der Waals surface area contributed by atoms with Gasteiger partial charge < -0.3 is 14.3 Å². The highest BCUT2D eigenvalue weighted by molar-refractivity contribution is 6.74. The summed E-state index contributed by atoms with van der Waals surface area (Å²) in [7, 11) is -0.549. The van der Waals surface area contributed by atoms with Gasteiger partial charge in [0, 0.05) is 6.08 Å². The number of esters is 1. The van der Waals surface area contributed by atoms with Crippen molar-refractivity contribution in [1.29, 1.82) is 0 Å². The van der Waals surface area contributed by atoms with Crippen molar-refractivity contribution in [2.24, 2.45) is 0 Å². The quantitative estimate of drug-likeness (QED) is 0.464. The highest BCUT2D eigenvalue weighted by Crippen LogP contribution is 2.37. The maximum Gasteiger partial charge on any atom is 0.330 e. The van der Waals surface area contributed by atoms with E-state index in [0.717, 1.165) is 0 Å². The lowest BCUT2D eigenvalue weighted by Crippen LogP contribution is -2.46. The number of carbonyl (C=O) groups excluding carboxylic acids is 1. The van der Waals surface area contributed by atoms with E-state index < -0.39 is 20.4 Å². The third-order valence-electron chi connectivity index (χ3n) is 3.66. The predicted octanol–water partition coefficient (Wildman–Crippen LogP) is 2.88. The van der Waals surface area contributed by atoms with E-state index in [9.17, 15) is 9.90 Å². The molecule has 0 aliphatic heterocycles. The molecule has 0 saturated heterocycles. The van der Waals surface area contributed by atoms with E-state index in [-0.39, 0.29) is 11.1 Å². The van der Waals surface area contributed by atoms with E-state index in [2.05, 4.69) is 38.6 Å². The number of methoxy groups -OCH3 is 1. The SMILES string of the molecule is COC(=O)/C=C/C[C@H](O)[C@H](C)O[Si](C)(C)C(C)(C)C. The molecule has 0 heterocycles. The van der Waals surface area contributed by atoms with Crippen LogP contribution in [-0.2, 0) is 14.0 Å². The van der Waals surface area contributed by atoms with E-state index in [0.29, 0.717) is 6.42 Å². The smallest absolute Gasteiger partial charge is 0.330 e. The first-order valence-corrected chi connectivity index (χ1v) is 9.52. The Hall–Kier alpha value is -0.653. The van der Waals surface area contributed by atoms with Gasteiger partial charge in [-0.15, -0.1) is 0 Å². The van der Waals surface area contributed by atoms with Gasteiger partial charge in [-0.2, -0.15) is 0 Å². The van der Waals surface area contributed by atoms with Gasteiger partial charge in [0.1, 0.15) is 0 Å². The Bertz CT molecular complexity index is 318. The first kappa shape index (κ1) is 18.3. The van der Waals surface area contributed by atoms with Crippen molar-refractivity contribution in [1.82, 2.24) is 0 Å². The average Bonchev–Trinajstić information content (AvgIpc) is 2.26. The Labute approximate surface area is 117 Å². The Morgan fingerprint density at radius 1 is 1.37 bits per heavy atom. The number of hydrogen-bond acceptors (Lipinski definition) is 4. The first-order valence-electron chi connectivity index (χ1n) is 6.61. The summed E-state index contributed by atoms with van der Waals surface area (Å²) >= 11 is 0. The number of aliphatic hydroxyl groups is 1. The molecule has 0 radical (unpaired) electrons. The van der Waals surface area contributed by atoms with Gasteiger partial charge in [0.2, 0.25) is 0 Å². The normalized spacial score (nSPS) is 16.4. The van der Waals surface area contributed by atoms with Crippen LogP contribution in [0.4, 0.5) is 0 Å². The molecule has 0 spiro atoms. The van der Waals surface area contributed by atoms with Crippen molar-refractivity contribution in [2.75, 3.05) is 7.11 Å². The van der Waals surface area contributed by atoms with Gasteiger partial charge in [-0.1, -0.05) is 26.8 Å². The molecule has 0 aliphatic carbocycles. The minimum Gasteiger partial charge on any atom is -0.466 e. The third-order valence-corrected chi connectivity index (χ3v) is 8.23. The second-order valence-electron chi connectivity index (χ2n) is 6.31. The highest BCUT2D eigenvalue weighted by atomic mass is 28.4. The van der Waals surface area contributed by atoms with E-state index in [1.54, 1.807) is 6.08 Å². The molecule has 0 fully saturated rings. The zero-order valence-electron chi connectivity index (χ0n) is 13.2. The molecule has 0 aromatic carbocycles. The molecule has 0 saturated carbocycles. The molecule has 19 heavy (non-hydrogen) atoms. The molecular weight excluding hydrogens is 260 g/mol. The van der Waals surface area contributed by atoms with Crippen molar-refractivity contribution in [3.63, 3.8) is 0 Å². The van der Waals surface area contributed by atoms with Gasteiger partial charge in [0.15, 0.2) is 8.32 Å². The number of rotatable bonds is 6. The van der Waals surface area contributed by atoms with Crippen LogP contribution in [0.2, 0.25) is 18.1 Å². The summed E-state index contributed by atoms with van der Waals surface area (Å²) < 4.78 is 10.6. The maximum atomic E-state index is 10.9. The minimum atomic E-state index is -1.87. The monoisotopic (exact) mass is 288 g/mol. The van der Waals surface area contributed by atoms with Crippen LogP contribution >= 0.6 is 0 Å². The van der Waals surface area contributed by atoms with Crippen LogP contribution in [0.25, 0.3) is 0 Å². The van der Waals surface area contributed by atoms with Crippen molar-refractivity contribution in [3.05, 3.63) is 12.2 Å². The Morgan fingerprint density at radius 2 is 1.89 bits per heavy atom. The first-order chi connectivity index (χ1) is 8.51. The highest BCUT2D eigenvalue weighted by Gasteiger charge is 2.39. The fourth-order valence-electron chi connectivity index (χ4n) is 1.28. The molecule has 112 valence electrons. The molecule has 5 heteroatoms. The van der Waals surface area contributed by atoms with Gasteiger partial charge >= 0.3 is 5.97 Å². The van der Waals surface area contributed by atoms with Crippen molar-refractivity contribution in [2.45, 2.75) is 64.5 Å². The molecule has 4 nitrogen and oxygen atoms in total. The number of carbonyl (C=O) groups is 1. The molecular formula is C14H28O4Si. The van der Waals surface area contributed by atoms with Crippen LogP contribution < -0.4 is 0 Å². The number of aliphatic hydroxyl groups excluding tert-OH is 1. The van der Waals surface area contributed by atoms with Crippen LogP contribution in [0.15, 0.2) is 12.2 Å². The zero-order valence-corrected chi connectivity index (χ0v) is 14.2. The molecule has 0 aromatic rings. The zero-order chi connectivity index (χ0) is 15.3. The molecule has 0 amide bonds. The van der Waals surface area contributed by atoms with E-state index in [1.807, 2.05) is 6.92 Å². The number of hydrogen-bond donors (Lipinski definition) is 1. The summed E-state index contributed by atoms with van der Waals surface area (Å²) in [5, 5.41) is 10.1. The van der Waals surface area contributed by atoms with Gasteiger partial charge in [-0.05, 0) is 31.5 Å². The van der Waals surface area contributed by atoms with Gasteiger partial charge in [0.25, 0.3) is 0 Å². The van der Waals surface area contributed by atoms with Gasteiger partial charge in [0.05, 0.1) is 19.3 Å². The molecule has 1 N–H and O–H groups in total. The molecule has 2 atom stereocenters. The van der Waals surface area contributed by atoms with Crippen LogP contribution in [0.3, 0.4) is 0 Å². The summed E-state index contributed by atoms with van der Waals surface area (Å²) in [6, 6.07) is 0. The summed E-state index contributed by atoms with van der Waals surface area (Å²) in [5.74, 6) is -0.412. The fourth-order valence-corrected chi connectivity index (χ4v) is 2.72. The van der Waals surface area contributed by atoms with Crippen LogP contribution in [0.5, 0.6) is 0 Å². The van der Waals surface area contributed by atoms with E-state index in [4.69, 9.17) is 4.43 Å². The maximum absolute atomic E-state index is 10.9. The topological polar surface area (TPSA) is 55.8 Å². The Kier molecular flexibility index (Phi) is 6.97. The van der Waals surface area contributed by atoms with Crippen molar-refractivity contribution >= 4 is 14.3 Å². The molecule has 0 aliphatic rings. The van der Waals surface area contributed by atoms with Gasteiger partial charge in [-0.3, -0.25) is 0 Å². The predicted molar refractivity (Wildman–Crippen MR) is 79.5 cm³/mol. The standard InChI is InChI=1S/C14H28O4Si/c1-11(18-19(6,7)14(2,3)4)12(15)9-8-10-13(16)17-5/h8,10-12,15H,9H2,1-7H3/b10-8+/t11-,12-/m0/s1. The summed E-state index contributed by atoms with van der Waals surface area (Å²) in [6.45, 7) is 12.7. The van der Waals surface area contributed by atoms with Crippen molar-refractivity contribution in [3.8, 4) is 0 Å². The van der Waals surface area contributed by atoms with Gasteiger partial charge in [-0.25, -0.2) is 4.79 Å². The number of ether oxygens (including phenoxy) is 1. The average molecular weight is 288 g/mol. The largest absolute Gasteiger partial charge is 0.466 e. The van der Waals surface area contributed by atoms with Crippen LogP contribution in [0, 0.1) is 0 Å². The molecule has 0 aromatic heterocycles. The summed E-state index contributed by atoms with van der Waals surface area (Å²) in [6.07, 6.45) is 2.45. The summed E-state index contributed by atoms with van der Waals surface area (Å²) in [5.41, 5.74) is 0. The molecule has 0 bridgehead atoms. The minimum absolute atomic E-state index is 0.114. The Balaban J connectivity index is 4.39. The van der Waals surface area contributed by atoms with E-state index in [1.165, 1.54) is 13.2 Å². The lowest BCUT2D eigenvalue weighted by molar-refractivity contribution is -0.134. The van der Waals surface area contributed by atoms with Crippen LogP contribution in [0.1, 0.15) is 34.1 Å². The molecule has 0 rings (SSSR count). The fraction of sp³-hybridized carbons (Fsp3) is 0.786. The summed E-state index contributed by atoms with van der Waals surface area (Å²) in [4.78, 5) is 10.9. The van der Waals surface area contributed by atoms with Crippen LogP contribution in [-0.4, -0.2) is 38.7 Å². The molecule has 0 unspecified atom stereocenters. The Morgan fingerprint density at radius 3 is 2.32 bits per heavy atom.